The van der Waals surface area contributed by atoms with Crippen molar-refractivity contribution in [1.29, 1.82) is 0 Å². The van der Waals surface area contributed by atoms with Gasteiger partial charge in [0, 0.05) is 14.2 Å². The molecule has 0 aromatic carbocycles. The average Bonchev–Trinajstić information content (AvgIpc) is 2.24. The topological polar surface area (TPSA) is 81.7 Å². The third kappa shape index (κ3) is 36.5. The fourth-order valence-corrected chi connectivity index (χ4v) is 1.69. The van der Waals surface area contributed by atoms with Gasteiger partial charge in [0.15, 0.2) is 0 Å². The minimum absolute atomic E-state index is 0.366. The molecule has 0 fully saturated rings. The molecule has 0 aliphatic rings. The van der Waals surface area contributed by atoms with Gasteiger partial charge in [0.1, 0.15) is 25.3 Å². The maximum absolute atomic E-state index is 8.33. The minimum Gasteiger partial charge on any atom is -0.652 e. The number of methoxy groups -OCH3 is 2. The molecule has 0 aliphatic heterocycles. The number of nitrogens with zero attached hydrogens (tertiary/aromatic N) is 2. The van der Waals surface area contributed by atoms with Gasteiger partial charge in [-0.15, -0.1) is 0 Å². The number of likely N-dealkylation sites (N-methyl/N-ethyl adjacent to an activating group) is 2. The van der Waals surface area contributed by atoms with Crippen LogP contribution in [0.2, 0.25) is 0 Å². The van der Waals surface area contributed by atoms with Crippen molar-refractivity contribution < 1.29 is 33.4 Å². The van der Waals surface area contributed by atoms with Crippen LogP contribution in [0.4, 0.5) is 4.79 Å². The Kier molecular flexibility index (Phi) is 14.9. The zero-order valence-electron chi connectivity index (χ0n) is 16.0. The first-order chi connectivity index (χ1) is 9.64. The Bertz CT molecular complexity index is 246. The molecule has 0 saturated carbocycles. The van der Waals surface area contributed by atoms with Crippen molar-refractivity contribution in [2.45, 2.75) is 26.1 Å². The van der Waals surface area contributed by atoms with E-state index in [-0.39, 0.29) is 0 Å². The quantitative estimate of drug-likeness (QED) is 0.586. The predicted octanol–water partition coefficient (Wildman–Crippen LogP) is -0.992. The molecule has 0 heterocycles. The van der Waals surface area contributed by atoms with Gasteiger partial charge in [-0.05, 0) is 20.0 Å². The smallest absolute Gasteiger partial charge is 0.104 e. The van der Waals surface area contributed by atoms with Crippen LogP contribution in [0.3, 0.4) is 0 Å². The summed E-state index contributed by atoms with van der Waals surface area (Å²) in [4.78, 5) is 8.33. The zero-order valence-corrected chi connectivity index (χ0v) is 16.0. The van der Waals surface area contributed by atoms with Gasteiger partial charge in [0.2, 0.25) is 0 Å². The fraction of sp³-hybridized carbons (Fsp3) is 0.933. The van der Waals surface area contributed by atoms with E-state index < -0.39 is 6.16 Å². The SMILES string of the molecule is COC(C)C[N+](C)(C)C.COC(C)C[N+](C)(C)C.O=C([O-])[O-]. The second-order valence-electron chi connectivity index (χ2n) is 7.29. The van der Waals surface area contributed by atoms with Crippen LogP contribution in [0.5, 0.6) is 0 Å². The van der Waals surface area contributed by atoms with Crippen LogP contribution in [-0.4, -0.2) is 96.9 Å². The molecule has 7 heteroatoms. The van der Waals surface area contributed by atoms with Crippen LogP contribution in [0.25, 0.3) is 0 Å². The third-order valence-corrected chi connectivity index (χ3v) is 2.41. The lowest BCUT2D eigenvalue weighted by Gasteiger charge is -2.26. The van der Waals surface area contributed by atoms with E-state index in [2.05, 4.69) is 56.1 Å². The maximum Gasteiger partial charge on any atom is 0.104 e. The Hall–Kier alpha value is -0.890. The molecule has 0 bridgehead atoms. The van der Waals surface area contributed by atoms with E-state index in [0.29, 0.717) is 12.2 Å². The van der Waals surface area contributed by atoms with Crippen molar-refractivity contribution in [3.05, 3.63) is 0 Å². The molecule has 2 unspecified atom stereocenters. The largest absolute Gasteiger partial charge is 0.652 e. The van der Waals surface area contributed by atoms with Crippen molar-refractivity contribution in [2.24, 2.45) is 0 Å². The Morgan fingerprint density at radius 2 is 1.00 bits per heavy atom. The Morgan fingerprint density at radius 1 is 0.818 bits per heavy atom. The molecular formula is C15H36N2O5. The van der Waals surface area contributed by atoms with Crippen molar-refractivity contribution >= 4 is 6.16 Å². The monoisotopic (exact) mass is 324 g/mol. The first-order valence-corrected chi connectivity index (χ1v) is 7.19. The van der Waals surface area contributed by atoms with Crippen LogP contribution in [-0.2, 0) is 9.47 Å². The molecule has 0 rings (SSSR count). The number of hydrogen-bond acceptors (Lipinski definition) is 5. The van der Waals surface area contributed by atoms with E-state index in [0.717, 1.165) is 22.1 Å². The predicted molar refractivity (Wildman–Crippen MR) is 84.1 cm³/mol. The molecule has 0 radical (unpaired) electrons. The fourth-order valence-electron chi connectivity index (χ4n) is 1.69. The number of rotatable bonds is 6. The lowest BCUT2D eigenvalue weighted by Crippen LogP contribution is -2.40. The third-order valence-electron chi connectivity index (χ3n) is 2.41. The van der Waals surface area contributed by atoms with Crippen molar-refractivity contribution in [2.75, 3.05) is 69.6 Å². The summed E-state index contributed by atoms with van der Waals surface area (Å²) in [6, 6.07) is 0. The van der Waals surface area contributed by atoms with Crippen LogP contribution in [0.1, 0.15) is 13.8 Å². The molecule has 7 nitrogen and oxygen atoms in total. The summed E-state index contributed by atoms with van der Waals surface area (Å²) < 4.78 is 12.2. The highest BCUT2D eigenvalue weighted by molar-refractivity contribution is 5.47. The molecule has 0 saturated heterocycles. The molecule has 2 atom stereocenters. The van der Waals surface area contributed by atoms with Crippen molar-refractivity contribution in [3.63, 3.8) is 0 Å². The molecule has 0 amide bonds. The summed E-state index contributed by atoms with van der Waals surface area (Å²) in [6.45, 7) is 6.31. The van der Waals surface area contributed by atoms with Crippen LogP contribution >= 0.6 is 0 Å². The summed E-state index contributed by atoms with van der Waals surface area (Å²) in [7, 11) is 16.5. The van der Waals surface area contributed by atoms with Gasteiger partial charge in [-0.3, -0.25) is 0 Å². The summed E-state index contributed by atoms with van der Waals surface area (Å²) in [5.74, 6) is 0. The van der Waals surface area contributed by atoms with E-state index in [1.807, 2.05) is 0 Å². The van der Waals surface area contributed by atoms with Crippen LogP contribution < -0.4 is 10.2 Å². The van der Waals surface area contributed by atoms with Gasteiger partial charge in [0.25, 0.3) is 0 Å². The number of carbonyl (C=O) groups excluding carboxylic acids is 1. The van der Waals surface area contributed by atoms with Crippen LogP contribution in [0, 0.1) is 0 Å². The van der Waals surface area contributed by atoms with Gasteiger partial charge in [-0.25, -0.2) is 0 Å². The number of hydrogen-bond donors (Lipinski definition) is 0. The highest BCUT2D eigenvalue weighted by Crippen LogP contribution is 1.96. The lowest BCUT2D eigenvalue weighted by atomic mass is 10.3. The summed E-state index contributed by atoms with van der Waals surface area (Å²) in [6.07, 6.45) is -1.60. The van der Waals surface area contributed by atoms with Gasteiger partial charge >= 0.3 is 0 Å². The summed E-state index contributed by atoms with van der Waals surface area (Å²) >= 11 is 0. The van der Waals surface area contributed by atoms with Gasteiger partial charge in [-0.1, -0.05) is 0 Å². The second-order valence-corrected chi connectivity index (χ2v) is 7.29. The maximum atomic E-state index is 8.33. The van der Waals surface area contributed by atoms with Gasteiger partial charge in [0.05, 0.1) is 42.3 Å². The first kappa shape index (κ1) is 26.0. The number of quaternary nitrogens is 2. The Balaban J connectivity index is -0.000000266. The average molecular weight is 324 g/mol. The lowest BCUT2D eigenvalue weighted by molar-refractivity contribution is -0.873. The number of carboxylic acid groups (broad SMARTS) is 2. The minimum atomic E-state index is -2.33. The highest BCUT2D eigenvalue weighted by Gasteiger charge is 2.12. The van der Waals surface area contributed by atoms with Crippen LogP contribution in [0.15, 0.2) is 0 Å². The molecule has 0 N–H and O–H groups in total. The molecule has 22 heavy (non-hydrogen) atoms. The van der Waals surface area contributed by atoms with E-state index >= 15 is 0 Å². The Labute approximate surface area is 136 Å². The van der Waals surface area contributed by atoms with E-state index in [1.165, 1.54) is 0 Å². The van der Waals surface area contributed by atoms with E-state index in [1.54, 1.807) is 14.2 Å². The van der Waals surface area contributed by atoms with Gasteiger partial charge in [-0.2, -0.15) is 0 Å². The Morgan fingerprint density at radius 3 is 1.05 bits per heavy atom. The normalized spacial score (nSPS) is 13.9. The molecule has 0 aromatic heterocycles. The summed E-state index contributed by atoms with van der Waals surface area (Å²) in [5.41, 5.74) is 0. The molecule has 0 spiro atoms. The summed E-state index contributed by atoms with van der Waals surface area (Å²) in [5, 5.41) is 16.7. The zero-order chi connectivity index (χ0) is 18.6. The molecule has 0 aliphatic carbocycles. The highest BCUT2D eigenvalue weighted by atomic mass is 16.6. The molecule has 136 valence electrons. The molecule has 0 aromatic rings. The van der Waals surface area contributed by atoms with Crippen molar-refractivity contribution in [1.82, 2.24) is 0 Å². The number of ether oxygens (including phenoxy) is 2. The first-order valence-electron chi connectivity index (χ1n) is 7.19. The van der Waals surface area contributed by atoms with Gasteiger partial charge < -0.3 is 33.4 Å². The van der Waals surface area contributed by atoms with E-state index in [4.69, 9.17) is 24.5 Å². The number of carbonyl (C=O) groups is 1. The standard InChI is InChI=1S/2C7H18NO.CH2O3/c2*1-7(9-5)6-8(2,3)4;2-1(3)4/h2*7H,6H2,1-5H3;(H2,2,3,4)/q2*+1;/p-2. The van der Waals surface area contributed by atoms with E-state index in [9.17, 15) is 0 Å². The van der Waals surface area contributed by atoms with Crippen molar-refractivity contribution in [3.8, 4) is 0 Å². The molecular weight excluding hydrogens is 288 g/mol. The second kappa shape index (κ2) is 12.6.